The van der Waals surface area contributed by atoms with E-state index in [9.17, 15) is 4.79 Å². The predicted octanol–water partition coefficient (Wildman–Crippen LogP) is 1.50. The largest absolute Gasteiger partial charge is 0.352 e. The quantitative estimate of drug-likeness (QED) is 0.704. The van der Waals surface area contributed by atoms with Crippen LogP contribution >= 0.6 is 0 Å². The van der Waals surface area contributed by atoms with Crippen LogP contribution in [0.5, 0.6) is 0 Å². The lowest BCUT2D eigenvalue weighted by Crippen LogP contribution is -2.49. The lowest BCUT2D eigenvalue weighted by Gasteiger charge is -2.35. The summed E-state index contributed by atoms with van der Waals surface area (Å²) in [5.41, 5.74) is 1.15. The Morgan fingerprint density at radius 2 is 1.67 bits per heavy atom. The molecule has 1 amide bonds. The second-order valence-electron chi connectivity index (χ2n) is 6.19. The van der Waals surface area contributed by atoms with Gasteiger partial charge in [-0.3, -0.25) is 9.36 Å². The van der Waals surface area contributed by atoms with Crippen molar-refractivity contribution in [2.45, 2.75) is 0 Å². The van der Waals surface area contributed by atoms with Crippen LogP contribution in [-0.2, 0) is 0 Å². The number of rotatable bonds is 3. The van der Waals surface area contributed by atoms with Crippen LogP contribution in [0.3, 0.4) is 0 Å². The van der Waals surface area contributed by atoms with Gasteiger partial charge in [0.2, 0.25) is 0 Å². The van der Waals surface area contributed by atoms with E-state index in [1.165, 1.54) is 0 Å². The zero-order valence-corrected chi connectivity index (χ0v) is 14.6. The first-order valence-corrected chi connectivity index (χ1v) is 8.61. The Kier molecular flexibility index (Phi) is 4.49. The maximum Gasteiger partial charge on any atom is 0.253 e. The SMILES string of the molecule is N#Cc1ccc(C(=O)N2CCN(c3ccc(-n4ccnc4)nn3)CC2)cc1. The van der Waals surface area contributed by atoms with Crippen LogP contribution in [0.2, 0.25) is 0 Å². The molecule has 1 aliphatic heterocycles. The fraction of sp³-hybridized carbons (Fsp3) is 0.211. The molecule has 2 aromatic heterocycles. The van der Waals surface area contributed by atoms with Gasteiger partial charge in [-0.1, -0.05) is 0 Å². The number of hydrogen-bond acceptors (Lipinski definition) is 6. The zero-order valence-electron chi connectivity index (χ0n) is 14.6. The zero-order chi connectivity index (χ0) is 18.6. The van der Waals surface area contributed by atoms with Gasteiger partial charge >= 0.3 is 0 Å². The van der Waals surface area contributed by atoms with Crippen molar-refractivity contribution in [3.63, 3.8) is 0 Å². The van der Waals surface area contributed by atoms with Crippen LogP contribution in [0.15, 0.2) is 55.1 Å². The van der Waals surface area contributed by atoms with Gasteiger partial charge in [-0.15, -0.1) is 10.2 Å². The van der Waals surface area contributed by atoms with Crippen molar-refractivity contribution >= 4 is 11.7 Å². The molecule has 1 aliphatic rings. The molecule has 3 heterocycles. The van der Waals surface area contributed by atoms with Gasteiger partial charge in [0.1, 0.15) is 6.33 Å². The van der Waals surface area contributed by atoms with Crippen LogP contribution < -0.4 is 4.90 Å². The molecule has 0 aliphatic carbocycles. The number of piperazine rings is 1. The topological polar surface area (TPSA) is 90.9 Å². The molecular formula is C19H17N7O. The fourth-order valence-corrected chi connectivity index (χ4v) is 3.03. The number of nitriles is 1. The van der Waals surface area contributed by atoms with E-state index in [0.717, 1.165) is 5.82 Å². The smallest absolute Gasteiger partial charge is 0.253 e. The Morgan fingerprint density at radius 3 is 2.26 bits per heavy atom. The number of hydrogen-bond donors (Lipinski definition) is 0. The summed E-state index contributed by atoms with van der Waals surface area (Å²) in [6, 6.07) is 12.6. The molecule has 3 aromatic rings. The number of carbonyl (C=O) groups is 1. The standard InChI is InChI=1S/C19H17N7O/c20-13-15-1-3-16(4-2-15)19(27)25-11-9-24(10-12-25)17-5-6-18(23-22-17)26-8-7-21-14-26/h1-8,14H,9-12H2. The van der Waals surface area contributed by atoms with Crippen LogP contribution in [0, 0.1) is 11.3 Å². The highest BCUT2D eigenvalue weighted by molar-refractivity contribution is 5.94. The Bertz CT molecular complexity index is 951. The van der Waals surface area contributed by atoms with E-state index in [0.29, 0.717) is 43.1 Å². The number of benzene rings is 1. The van der Waals surface area contributed by atoms with Gasteiger partial charge in [-0.25, -0.2) is 4.98 Å². The highest BCUT2D eigenvalue weighted by atomic mass is 16.2. The van der Waals surface area contributed by atoms with Crippen molar-refractivity contribution in [3.8, 4) is 11.9 Å². The number of nitrogens with zero attached hydrogens (tertiary/aromatic N) is 7. The monoisotopic (exact) mass is 359 g/mol. The third kappa shape index (κ3) is 3.48. The van der Waals surface area contributed by atoms with E-state index < -0.39 is 0 Å². The highest BCUT2D eigenvalue weighted by Gasteiger charge is 2.23. The van der Waals surface area contributed by atoms with Crippen molar-refractivity contribution in [1.82, 2.24) is 24.6 Å². The molecule has 27 heavy (non-hydrogen) atoms. The van der Waals surface area contributed by atoms with Gasteiger partial charge in [0.25, 0.3) is 5.91 Å². The Balaban J connectivity index is 1.38. The molecule has 8 heteroatoms. The number of aromatic nitrogens is 4. The number of imidazole rings is 1. The lowest BCUT2D eigenvalue weighted by molar-refractivity contribution is 0.0746. The van der Waals surface area contributed by atoms with E-state index in [1.54, 1.807) is 41.4 Å². The van der Waals surface area contributed by atoms with E-state index >= 15 is 0 Å². The third-order valence-corrected chi connectivity index (χ3v) is 4.56. The van der Waals surface area contributed by atoms with Gasteiger partial charge in [-0.05, 0) is 36.4 Å². The summed E-state index contributed by atoms with van der Waals surface area (Å²) in [6.45, 7) is 2.62. The number of amides is 1. The maximum atomic E-state index is 12.6. The average Bonchev–Trinajstić information content (AvgIpc) is 3.28. The van der Waals surface area contributed by atoms with E-state index in [1.807, 2.05) is 23.2 Å². The van der Waals surface area contributed by atoms with Crippen molar-refractivity contribution in [3.05, 3.63) is 66.2 Å². The van der Waals surface area contributed by atoms with Gasteiger partial charge < -0.3 is 9.80 Å². The van der Waals surface area contributed by atoms with Gasteiger partial charge in [-0.2, -0.15) is 5.26 Å². The van der Waals surface area contributed by atoms with Gasteiger partial charge in [0.05, 0.1) is 11.6 Å². The van der Waals surface area contributed by atoms with Crippen LogP contribution in [-0.4, -0.2) is 56.7 Å². The maximum absolute atomic E-state index is 12.6. The third-order valence-electron chi connectivity index (χ3n) is 4.56. The summed E-state index contributed by atoms with van der Waals surface area (Å²) in [5.74, 6) is 1.50. The van der Waals surface area contributed by atoms with E-state index in [-0.39, 0.29) is 5.91 Å². The molecule has 134 valence electrons. The molecule has 0 atom stereocenters. The first-order chi connectivity index (χ1) is 13.2. The van der Waals surface area contributed by atoms with E-state index in [4.69, 9.17) is 5.26 Å². The predicted molar refractivity (Wildman–Crippen MR) is 98.4 cm³/mol. The minimum Gasteiger partial charge on any atom is -0.352 e. The lowest BCUT2D eigenvalue weighted by atomic mass is 10.1. The normalized spacial score (nSPS) is 14.0. The van der Waals surface area contributed by atoms with Crippen molar-refractivity contribution in [2.24, 2.45) is 0 Å². The molecule has 0 bridgehead atoms. The Labute approximate surface area is 156 Å². The summed E-state index contributed by atoms with van der Waals surface area (Å²) in [6.07, 6.45) is 5.19. The number of anilines is 1. The average molecular weight is 359 g/mol. The molecular weight excluding hydrogens is 342 g/mol. The van der Waals surface area contributed by atoms with Crippen LogP contribution in [0.25, 0.3) is 5.82 Å². The summed E-state index contributed by atoms with van der Waals surface area (Å²) < 4.78 is 1.80. The molecule has 1 saturated heterocycles. The van der Waals surface area contributed by atoms with Crippen molar-refractivity contribution in [2.75, 3.05) is 31.1 Å². The second kappa shape index (κ2) is 7.25. The van der Waals surface area contributed by atoms with Crippen molar-refractivity contribution < 1.29 is 4.79 Å². The minimum absolute atomic E-state index is 0.0133. The van der Waals surface area contributed by atoms with Crippen LogP contribution in [0.4, 0.5) is 5.82 Å². The van der Waals surface area contributed by atoms with Gasteiger partial charge in [0, 0.05) is 44.1 Å². The first kappa shape index (κ1) is 16.7. The Hall–Kier alpha value is -3.73. The number of carbonyl (C=O) groups excluding carboxylic acids is 1. The molecule has 0 N–H and O–H groups in total. The molecule has 4 rings (SSSR count). The first-order valence-electron chi connectivity index (χ1n) is 8.61. The molecule has 0 saturated carbocycles. The summed E-state index contributed by atoms with van der Waals surface area (Å²) >= 11 is 0. The Morgan fingerprint density at radius 1 is 0.963 bits per heavy atom. The molecule has 1 aromatic carbocycles. The molecule has 8 nitrogen and oxygen atoms in total. The van der Waals surface area contributed by atoms with Crippen LogP contribution in [0.1, 0.15) is 15.9 Å². The summed E-state index contributed by atoms with van der Waals surface area (Å²) in [5, 5.41) is 17.4. The summed E-state index contributed by atoms with van der Waals surface area (Å²) in [4.78, 5) is 20.6. The molecule has 0 unspecified atom stereocenters. The van der Waals surface area contributed by atoms with Gasteiger partial charge in [0.15, 0.2) is 11.6 Å². The van der Waals surface area contributed by atoms with E-state index in [2.05, 4.69) is 26.2 Å². The minimum atomic E-state index is -0.0133. The summed E-state index contributed by atoms with van der Waals surface area (Å²) in [7, 11) is 0. The van der Waals surface area contributed by atoms with Crippen molar-refractivity contribution in [1.29, 1.82) is 5.26 Å². The highest BCUT2D eigenvalue weighted by Crippen LogP contribution is 2.16. The molecule has 0 radical (unpaired) electrons. The fourth-order valence-electron chi connectivity index (χ4n) is 3.03. The second-order valence-corrected chi connectivity index (χ2v) is 6.19. The molecule has 1 fully saturated rings. The molecule has 0 spiro atoms.